The lowest BCUT2D eigenvalue weighted by Gasteiger charge is -2.48. The number of morpholine rings is 1. The molecule has 20 nitrogen and oxygen atoms in total. The first-order chi connectivity index (χ1) is 39.0. The van der Waals surface area contributed by atoms with E-state index in [-0.39, 0.29) is 53.0 Å². The summed E-state index contributed by atoms with van der Waals surface area (Å²) in [6, 6.07) is 19.3. The van der Waals surface area contributed by atoms with Crippen LogP contribution in [0.15, 0.2) is 96.7 Å². The molecule has 0 bridgehead atoms. The number of pyridine rings is 2. The topological polar surface area (TPSA) is 207 Å². The number of nitrogens with zero attached hydrogens (tertiary/aromatic N) is 11. The van der Waals surface area contributed by atoms with Crippen molar-refractivity contribution in [1.29, 1.82) is 0 Å². The molecule has 4 amide bonds. The van der Waals surface area contributed by atoms with Crippen molar-refractivity contribution < 1.29 is 29.0 Å². The second kappa shape index (κ2) is 21.0. The Kier molecular flexibility index (Phi) is 13.9. The maximum absolute atomic E-state index is 14.1. The zero-order valence-corrected chi connectivity index (χ0v) is 46.8. The second-order valence-electron chi connectivity index (χ2n) is 23.3. The van der Waals surface area contributed by atoms with Crippen molar-refractivity contribution in [1.82, 2.24) is 29.0 Å². The molecule has 12 rings (SSSR count). The summed E-state index contributed by atoms with van der Waals surface area (Å²) in [4.78, 5) is 94.8. The molecule has 6 aromatic rings. The van der Waals surface area contributed by atoms with Gasteiger partial charge in [0.2, 0.25) is 5.91 Å². The number of aliphatic hydroxyl groups is 1. The summed E-state index contributed by atoms with van der Waals surface area (Å²) in [6.45, 7) is 20.3. The van der Waals surface area contributed by atoms with Crippen LogP contribution in [0.25, 0.3) is 11.3 Å². The van der Waals surface area contributed by atoms with E-state index in [9.17, 15) is 29.1 Å². The number of hydrogen-bond acceptors (Lipinski definition) is 15. The normalized spacial score (nSPS) is 21.8. The van der Waals surface area contributed by atoms with Crippen LogP contribution in [0.1, 0.15) is 95.5 Å². The molecule has 4 atom stereocenters. The zero-order chi connectivity index (χ0) is 56.6. The maximum atomic E-state index is 14.1. The van der Waals surface area contributed by atoms with Crippen LogP contribution >= 0.6 is 0 Å². The van der Waals surface area contributed by atoms with Crippen molar-refractivity contribution in [3.05, 3.63) is 136 Å². The SMILES string of the molecule is C=CC(=O)Nc1cc(Nc2nc(-c3ccnc(N4CCn5c(cc6c5CC(C)(C)C6)C4=O)c3CO)cn(C)c2=O)ccc1N1CCN(C2CCN(c3ccc4c(c3)C(=O)N(c3ccc(N5CCOC[C@@H]5C)nc3)C4=O)[C@H](C)C2)C[C@@H]1C. The van der Waals surface area contributed by atoms with Crippen molar-refractivity contribution in [2.24, 2.45) is 12.5 Å². The van der Waals surface area contributed by atoms with Gasteiger partial charge in [-0.25, -0.2) is 19.9 Å². The van der Waals surface area contributed by atoms with Gasteiger partial charge in [-0.2, -0.15) is 0 Å². The number of aromatic nitrogens is 5. The molecule has 0 saturated carbocycles. The van der Waals surface area contributed by atoms with Crippen LogP contribution in [0.2, 0.25) is 0 Å². The van der Waals surface area contributed by atoms with Gasteiger partial charge in [-0.1, -0.05) is 20.4 Å². The van der Waals surface area contributed by atoms with Gasteiger partial charge >= 0.3 is 0 Å². The van der Waals surface area contributed by atoms with Crippen molar-refractivity contribution in [2.75, 3.05) is 87.6 Å². The smallest absolute Gasteiger partial charge is 0.293 e. The van der Waals surface area contributed by atoms with Gasteiger partial charge in [-0.05, 0) is 124 Å². The lowest BCUT2D eigenvalue weighted by atomic mass is 9.90. The van der Waals surface area contributed by atoms with Crippen LogP contribution in [-0.4, -0.2) is 134 Å². The van der Waals surface area contributed by atoms with Gasteiger partial charge in [0.25, 0.3) is 23.3 Å². The number of piperidine rings is 1. The molecular weight excluding hydrogens is 1030 g/mol. The Hall–Kier alpha value is -8.20. The molecule has 5 aliphatic heterocycles. The molecule has 3 fully saturated rings. The second-order valence-corrected chi connectivity index (χ2v) is 23.3. The van der Waals surface area contributed by atoms with E-state index in [2.05, 4.69) is 86.0 Å². The predicted molar refractivity (Wildman–Crippen MR) is 312 cm³/mol. The number of nitrogens with one attached hydrogen (secondary N) is 2. The summed E-state index contributed by atoms with van der Waals surface area (Å²) in [7, 11) is 1.63. The van der Waals surface area contributed by atoms with E-state index < -0.39 is 12.2 Å². The molecular formula is C61H69N13O7. The molecule has 6 aliphatic rings. The number of benzene rings is 2. The Balaban J connectivity index is 0.714. The van der Waals surface area contributed by atoms with Crippen LogP contribution in [0.4, 0.5) is 45.9 Å². The Morgan fingerprint density at radius 1 is 0.827 bits per heavy atom. The van der Waals surface area contributed by atoms with Crippen LogP contribution < -0.4 is 40.7 Å². The van der Waals surface area contributed by atoms with Gasteiger partial charge in [0.05, 0.1) is 65.9 Å². The standard InChI is InChI=1S/C61H69N13O7/c1-8-54(76)65-48-27-40(64-55-60(80)67(7)33-49(66-55)44-15-17-62-56(47(44)34-75)73-22-21-72-51(59(73)79)26-39-29-61(5,6)30-52(39)72)9-13-50(48)70-20-19-68(32-37(70)3)41-16-18-69(36(2)25-41)42-10-12-45-46(28-42)58(78)74(57(45)77)43-11-14-53(63-31-43)71-23-24-81-35-38(71)4/h8-15,17,26-28,31,33,36-38,41,75H,1,16,18-25,29-30,32,34-35H2,2-7H3,(H,64,66)(H,65,76)/t36-,37+,38+,41?/m1/s1. The highest BCUT2D eigenvalue weighted by Gasteiger charge is 2.41. The largest absolute Gasteiger partial charge is 0.392 e. The number of aryl methyl sites for hydroxylation is 1. The van der Waals surface area contributed by atoms with E-state index >= 15 is 0 Å². The molecule has 420 valence electrons. The van der Waals surface area contributed by atoms with Crippen molar-refractivity contribution in [3.8, 4) is 11.3 Å². The van der Waals surface area contributed by atoms with Gasteiger partial charge in [0, 0.05) is 112 Å². The highest BCUT2D eigenvalue weighted by atomic mass is 16.5. The van der Waals surface area contributed by atoms with Crippen LogP contribution in [-0.2, 0) is 42.6 Å². The molecule has 0 spiro atoms. The summed E-state index contributed by atoms with van der Waals surface area (Å²) < 4.78 is 9.14. The molecule has 0 radical (unpaired) electrons. The van der Waals surface area contributed by atoms with Crippen LogP contribution in [0.3, 0.4) is 0 Å². The monoisotopic (exact) mass is 1100 g/mol. The van der Waals surface area contributed by atoms with E-state index in [0.29, 0.717) is 95.4 Å². The molecule has 1 aliphatic carbocycles. The Bertz CT molecular complexity index is 3590. The minimum Gasteiger partial charge on any atom is -0.392 e. The first-order valence-corrected chi connectivity index (χ1v) is 28.1. The number of carbonyl (C=O) groups is 4. The highest BCUT2D eigenvalue weighted by molar-refractivity contribution is 6.34. The number of carbonyl (C=O) groups excluding carboxylic acids is 4. The van der Waals surface area contributed by atoms with E-state index in [1.807, 2.05) is 36.4 Å². The number of ether oxygens (including phenoxy) is 1. The van der Waals surface area contributed by atoms with Gasteiger partial charge in [-0.3, -0.25) is 33.8 Å². The fourth-order valence-corrected chi connectivity index (χ4v) is 13.3. The average molecular weight is 1100 g/mol. The van der Waals surface area contributed by atoms with Gasteiger partial charge < -0.3 is 44.3 Å². The van der Waals surface area contributed by atoms with Crippen molar-refractivity contribution in [2.45, 2.75) is 97.6 Å². The number of anilines is 8. The molecule has 20 heteroatoms. The summed E-state index contributed by atoms with van der Waals surface area (Å²) in [6.07, 6.45) is 9.68. The average Bonchev–Trinajstić information content (AvgIpc) is 4.06. The fraction of sp³-hybridized carbons (Fsp3) is 0.410. The molecule has 2 aromatic carbocycles. The van der Waals surface area contributed by atoms with Crippen molar-refractivity contribution >= 4 is 69.5 Å². The summed E-state index contributed by atoms with van der Waals surface area (Å²) in [5.74, 6) is -0.0971. The molecule has 1 unspecified atom stereocenters. The zero-order valence-electron chi connectivity index (χ0n) is 46.8. The molecule has 3 saturated heterocycles. The number of hydrogen-bond donors (Lipinski definition) is 3. The summed E-state index contributed by atoms with van der Waals surface area (Å²) in [5, 5.41) is 17.1. The highest BCUT2D eigenvalue weighted by Crippen LogP contribution is 2.41. The lowest BCUT2D eigenvalue weighted by Crippen LogP contribution is -2.58. The maximum Gasteiger partial charge on any atom is 0.293 e. The lowest BCUT2D eigenvalue weighted by molar-refractivity contribution is -0.111. The Morgan fingerprint density at radius 3 is 2.40 bits per heavy atom. The third-order valence-corrected chi connectivity index (χ3v) is 17.3. The van der Waals surface area contributed by atoms with Crippen LogP contribution in [0.5, 0.6) is 0 Å². The van der Waals surface area contributed by atoms with E-state index in [1.54, 1.807) is 54.8 Å². The van der Waals surface area contributed by atoms with E-state index in [0.717, 1.165) is 69.1 Å². The third kappa shape index (κ3) is 9.71. The van der Waals surface area contributed by atoms with Gasteiger partial charge in [0.15, 0.2) is 5.82 Å². The molecule has 9 heterocycles. The fourth-order valence-electron chi connectivity index (χ4n) is 13.3. The van der Waals surface area contributed by atoms with Gasteiger partial charge in [0.1, 0.15) is 17.3 Å². The van der Waals surface area contributed by atoms with E-state index in [1.165, 1.54) is 26.8 Å². The number of fused-ring (bicyclic) bond motifs is 4. The number of piperazine rings is 1. The van der Waals surface area contributed by atoms with Crippen LogP contribution in [0, 0.1) is 5.41 Å². The Morgan fingerprint density at radius 2 is 1.64 bits per heavy atom. The number of imide groups is 1. The molecule has 3 N–H and O–H groups in total. The third-order valence-electron chi connectivity index (χ3n) is 17.3. The quantitative estimate of drug-likeness (QED) is 0.0854. The van der Waals surface area contributed by atoms with Crippen molar-refractivity contribution in [3.63, 3.8) is 0 Å². The molecule has 4 aromatic heterocycles. The minimum atomic E-state index is -0.421. The molecule has 81 heavy (non-hydrogen) atoms. The van der Waals surface area contributed by atoms with E-state index in [4.69, 9.17) is 9.72 Å². The summed E-state index contributed by atoms with van der Waals surface area (Å²) in [5.41, 5.74) is 8.17. The first kappa shape index (κ1) is 53.4. The Labute approximate surface area is 470 Å². The minimum absolute atomic E-state index is 0.0259. The summed E-state index contributed by atoms with van der Waals surface area (Å²) >= 11 is 0. The number of aliphatic hydroxyl groups excluding tert-OH is 1. The number of rotatable bonds is 12. The number of amides is 4. The van der Waals surface area contributed by atoms with Gasteiger partial charge in [-0.15, -0.1) is 0 Å². The first-order valence-electron chi connectivity index (χ1n) is 28.1. The predicted octanol–water partition coefficient (Wildman–Crippen LogP) is 6.78.